The fourth-order valence-corrected chi connectivity index (χ4v) is 2.52. The van der Waals surface area contributed by atoms with Crippen LogP contribution in [0.1, 0.15) is 45.4 Å². The van der Waals surface area contributed by atoms with Gasteiger partial charge in [-0.05, 0) is 19.3 Å². The Morgan fingerprint density at radius 3 is 2.39 bits per heavy atom. The summed E-state index contributed by atoms with van der Waals surface area (Å²) in [5.41, 5.74) is -0.778. The van der Waals surface area contributed by atoms with E-state index < -0.39 is 17.5 Å². The van der Waals surface area contributed by atoms with Crippen LogP contribution in [0.4, 0.5) is 0 Å². The van der Waals surface area contributed by atoms with Gasteiger partial charge >= 0.3 is 5.97 Å². The molecule has 0 bridgehead atoms. The van der Waals surface area contributed by atoms with Gasteiger partial charge in [0.25, 0.3) is 0 Å². The zero-order chi connectivity index (χ0) is 13.6. The van der Waals surface area contributed by atoms with Crippen LogP contribution in [0.3, 0.4) is 0 Å². The van der Waals surface area contributed by atoms with E-state index in [-0.39, 0.29) is 12.5 Å². The maximum Gasteiger partial charge on any atom is 0.311 e. The maximum absolute atomic E-state index is 11.8. The largest absolute Gasteiger partial charge is 0.481 e. The van der Waals surface area contributed by atoms with Gasteiger partial charge in [0.05, 0.1) is 5.41 Å². The van der Waals surface area contributed by atoms with Crippen molar-refractivity contribution < 1.29 is 19.4 Å². The Bertz CT molecular complexity index is 293. The van der Waals surface area contributed by atoms with Crippen molar-refractivity contribution in [3.8, 4) is 0 Å². The molecule has 18 heavy (non-hydrogen) atoms. The molecule has 1 fully saturated rings. The second-order valence-electron chi connectivity index (χ2n) is 5.00. The van der Waals surface area contributed by atoms with E-state index in [9.17, 15) is 14.7 Å². The van der Waals surface area contributed by atoms with E-state index in [0.29, 0.717) is 19.3 Å². The number of nitrogens with one attached hydrogen (secondary N) is 1. The van der Waals surface area contributed by atoms with E-state index in [1.165, 1.54) is 7.11 Å². The van der Waals surface area contributed by atoms with E-state index in [4.69, 9.17) is 4.74 Å². The van der Waals surface area contributed by atoms with E-state index in [2.05, 4.69) is 5.32 Å². The van der Waals surface area contributed by atoms with Crippen LogP contribution in [0.2, 0.25) is 0 Å². The van der Waals surface area contributed by atoms with Crippen LogP contribution < -0.4 is 5.32 Å². The number of methoxy groups -OCH3 is 1. The minimum absolute atomic E-state index is 0.209. The lowest BCUT2D eigenvalue weighted by Gasteiger charge is -2.33. The van der Waals surface area contributed by atoms with Crippen LogP contribution in [0.25, 0.3) is 0 Å². The molecule has 0 aromatic carbocycles. The Kier molecular flexibility index (Phi) is 5.59. The van der Waals surface area contributed by atoms with Gasteiger partial charge in [-0.25, -0.2) is 0 Å². The Labute approximate surface area is 108 Å². The van der Waals surface area contributed by atoms with Crippen LogP contribution in [0.5, 0.6) is 0 Å². The summed E-state index contributed by atoms with van der Waals surface area (Å²) in [4.78, 5) is 23.2. The number of aliphatic carboxylic acids is 1. The van der Waals surface area contributed by atoms with Crippen molar-refractivity contribution in [2.75, 3.05) is 13.7 Å². The molecule has 0 radical (unpaired) electrons. The summed E-state index contributed by atoms with van der Waals surface area (Å²) in [6, 6.07) is 0. The zero-order valence-electron chi connectivity index (χ0n) is 11.2. The summed E-state index contributed by atoms with van der Waals surface area (Å²) in [7, 11) is 1.49. The molecule has 5 heteroatoms. The monoisotopic (exact) mass is 257 g/mol. The van der Waals surface area contributed by atoms with Gasteiger partial charge in [-0.1, -0.05) is 26.2 Å². The third kappa shape index (κ3) is 3.45. The molecular formula is C13H23NO4. The first-order valence-corrected chi connectivity index (χ1v) is 6.59. The smallest absolute Gasteiger partial charge is 0.311 e. The fourth-order valence-electron chi connectivity index (χ4n) is 2.52. The number of carbonyl (C=O) groups is 2. The molecule has 104 valence electrons. The van der Waals surface area contributed by atoms with Gasteiger partial charge in [0.1, 0.15) is 6.10 Å². The molecule has 2 N–H and O–H groups in total. The highest BCUT2D eigenvalue weighted by Crippen LogP contribution is 2.36. The molecule has 0 aromatic rings. The van der Waals surface area contributed by atoms with Crippen LogP contribution in [0, 0.1) is 5.41 Å². The van der Waals surface area contributed by atoms with Crippen LogP contribution in [-0.4, -0.2) is 36.7 Å². The molecule has 0 aromatic heterocycles. The number of hydrogen-bond acceptors (Lipinski definition) is 3. The predicted octanol–water partition coefficient (Wildman–Crippen LogP) is 1.56. The van der Waals surface area contributed by atoms with Crippen LogP contribution in [-0.2, 0) is 14.3 Å². The molecule has 1 atom stereocenters. The first-order chi connectivity index (χ1) is 8.55. The number of carboxylic acid groups (broad SMARTS) is 1. The molecule has 1 saturated carbocycles. The summed E-state index contributed by atoms with van der Waals surface area (Å²) in [6.45, 7) is 2.07. The molecule has 0 heterocycles. The van der Waals surface area contributed by atoms with Gasteiger partial charge in [-0.15, -0.1) is 0 Å². The predicted molar refractivity (Wildman–Crippen MR) is 67.3 cm³/mol. The highest BCUT2D eigenvalue weighted by molar-refractivity contribution is 5.82. The van der Waals surface area contributed by atoms with Crippen LogP contribution >= 0.6 is 0 Å². The SMILES string of the molecule is CCC(OC)C(=O)NCC1(C(=O)O)CCCCC1. The highest BCUT2D eigenvalue weighted by Gasteiger charge is 2.40. The quantitative estimate of drug-likeness (QED) is 0.757. The molecule has 0 aliphatic heterocycles. The molecule has 0 saturated heterocycles. The molecule has 1 aliphatic rings. The van der Waals surface area contributed by atoms with Crippen molar-refractivity contribution in [3.63, 3.8) is 0 Å². The second kappa shape index (κ2) is 6.73. The fraction of sp³-hybridized carbons (Fsp3) is 0.846. The molecule has 1 amide bonds. The van der Waals surface area contributed by atoms with Crippen molar-refractivity contribution in [3.05, 3.63) is 0 Å². The lowest BCUT2D eigenvalue weighted by Crippen LogP contribution is -2.47. The second-order valence-corrected chi connectivity index (χ2v) is 5.00. The number of ether oxygens (including phenoxy) is 1. The van der Waals surface area contributed by atoms with Gasteiger partial charge in [0, 0.05) is 13.7 Å². The van der Waals surface area contributed by atoms with Crippen molar-refractivity contribution in [1.82, 2.24) is 5.32 Å². The minimum Gasteiger partial charge on any atom is -0.481 e. The molecule has 5 nitrogen and oxygen atoms in total. The maximum atomic E-state index is 11.8. The summed E-state index contributed by atoms with van der Waals surface area (Å²) in [5, 5.41) is 12.1. The molecule has 1 unspecified atom stereocenters. The Balaban J connectivity index is 2.57. The molecule has 1 rings (SSSR count). The van der Waals surface area contributed by atoms with Gasteiger partial charge < -0.3 is 15.2 Å². The summed E-state index contributed by atoms with van der Waals surface area (Å²) in [6.07, 6.45) is 4.31. The molecular weight excluding hydrogens is 234 g/mol. The number of amides is 1. The number of hydrogen-bond donors (Lipinski definition) is 2. The first kappa shape index (κ1) is 15.0. The molecule has 1 aliphatic carbocycles. The first-order valence-electron chi connectivity index (χ1n) is 6.59. The normalized spacial score (nSPS) is 20.1. The van der Waals surface area contributed by atoms with Gasteiger partial charge in [-0.3, -0.25) is 9.59 Å². The van der Waals surface area contributed by atoms with Gasteiger partial charge in [-0.2, -0.15) is 0 Å². The third-order valence-electron chi connectivity index (χ3n) is 3.81. The Morgan fingerprint density at radius 2 is 1.94 bits per heavy atom. The summed E-state index contributed by atoms with van der Waals surface area (Å²) < 4.78 is 5.04. The average molecular weight is 257 g/mol. The van der Waals surface area contributed by atoms with E-state index >= 15 is 0 Å². The summed E-state index contributed by atoms with van der Waals surface area (Å²) >= 11 is 0. The lowest BCUT2D eigenvalue weighted by molar-refractivity contribution is -0.151. The topological polar surface area (TPSA) is 75.6 Å². The molecule has 0 spiro atoms. The minimum atomic E-state index is -0.798. The van der Waals surface area contributed by atoms with E-state index in [1.807, 2.05) is 6.92 Å². The number of rotatable bonds is 6. The van der Waals surface area contributed by atoms with Gasteiger partial charge in [0.15, 0.2) is 0 Å². The Hall–Kier alpha value is -1.10. The number of carbonyl (C=O) groups excluding carboxylic acids is 1. The van der Waals surface area contributed by atoms with Crippen molar-refractivity contribution in [2.45, 2.75) is 51.6 Å². The summed E-state index contributed by atoms with van der Waals surface area (Å²) in [5.74, 6) is -1.01. The number of carboxylic acids is 1. The van der Waals surface area contributed by atoms with E-state index in [0.717, 1.165) is 19.3 Å². The van der Waals surface area contributed by atoms with Crippen LogP contribution in [0.15, 0.2) is 0 Å². The lowest BCUT2D eigenvalue weighted by atomic mass is 9.74. The van der Waals surface area contributed by atoms with Crippen molar-refractivity contribution in [2.24, 2.45) is 5.41 Å². The van der Waals surface area contributed by atoms with Gasteiger partial charge in [0.2, 0.25) is 5.91 Å². The third-order valence-corrected chi connectivity index (χ3v) is 3.81. The standard InChI is InChI=1S/C13H23NO4/c1-3-10(18-2)11(15)14-9-13(12(16)17)7-5-4-6-8-13/h10H,3-9H2,1-2H3,(H,14,15)(H,16,17). The van der Waals surface area contributed by atoms with Crippen molar-refractivity contribution in [1.29, 1.82) is 0 Å². The highest BCUT2D eigenvalue weighted by atomic mass is 16.5. The van der Waals surface area contributed by atoms with Crippen molar-refractivity contribution >= 4 is 11.9 Å². The average Bonchev–Trinajstić information content (AvgIpc) is 2.38. The Morgan fingerprint density at radius 1 is 1.33 bits per heavy atom. The zero-order valence-corrected chi connectivity index (χ0v) is 11.2. The van der Waals surface area contributed by atoms with E-state index in [1.54, 1.807) is 0 Å².